The van der Waals surface area contributed by atoms with E-state index in [-0.39, 0.29) is 6.10 Å². The van der Waals surface area contributed by atoms with E-state index < -0.39 is 0 Å². The average Bonchev–Trinajstić information content (AvgIpc) is 2.87. The van der Waals surface area contributed by atoms with E-state index in [0.717, 1.165) is 31.0 Å². The van der Waals surface area contributed by atoms with Crippen LogP contribution in [0.2, 0.25) is 0 Å². The van der Waals surface area contributed by atoms with Crippen LogP contribution < -0.4 is 0 Å². The zero-order chi connectivity index (χ0) is 15.9. The first-order valence-corrected chi connectivity index (χ1v) is 8.71. The Morgan fingerprint density at radius 3 is 2.50 bits per heavy atom. The Hall–Kier alpha value is -1.35. The first-order valence-electron chi connectivity index (χ1n) is 8.71. The van der Waals surface area contributed by atoms with E-state index in [9.17, 15) is 0 Å². The molecule has 1 aliphatic heterocycles. The predicted octanol–water partition coefficient (Wildman–Crippen LogP) is 4.36. The van der Waals surface area contributed by atoms with Gasteiger partial charge in [-0.15, -0.1) is 0 Å². The molecule has 1 aromatic carbocycles. The van der Waals surface area contributed by atoms with Crippen LogP contribution in [-0.4, -0.2) is 36.5 Å². The topological polar surface area (TPSA) is 24.8 Å². The highest BCUT2D eigenvalue weighted by atomic mass is 16.5. The summed E-state index contributed by atoms with van der Waals surface area (Å²) in [5.74, 6) is 0.872. The van der Waals surface area contributed by atoms with Gasteiger partial charge in [0.05, 0.1) is 18.2 Å². The number of benzene rings is 1. The van der Waals surface area contributed by atoms with Gasteiger partial charge in [0.25, 0.3) is 0 Å². The average molecular weight is 302 g/mol. The summed E-state index contributed by atoms with van der Waals surface area (Å²) >= 11 is 0. The first-order chi connectivity index (χ1) is 10.6. The van der Waals surface area contributed by atoms with Crippen LogP contribution in [0.1, 0.15) is 51.7 Å². The summed E-state index contributed by atoms with van der Waals surface area (Å²) in [5, 5.41) is 0. The fraction of sp³-hybridized carbons (Fsp3) is 0.632. The van der Waals surface area contributed by atoms with Crippen molar-refractivity contribution in [3.05, 3.63) is 29.3 Å². The van der Waals surface area contributed by atoms with Gasteiger partial charge in [0.2, 0.25) is 0 Å². The van der Waals surface area contributed by atoms with Crippen molar-refractivity contribution < 1.29 is 4.74 Å². The molecule has 0 saturated carbocycles. The molecule has 0 fully saturated rings. The fourth-order valence-electron chi connectivity index (χ4n) is 3.08. The zero-order valence-corrected chi connectivity index (χ0v) is 14.6. The molecule has 1 aromatic rings. The lowest BCUT2D eigenvalue weighted by molar-refractivity contribution is 0.224. The third kappa shape index (κ3) is 4.57. The summed E-state index contributed by atoms with van der Waals surface area (Å²) in [6.07, 6.45) is 4.60. The van der Waals surface area contributed by atoms with E-state index in [1.54, 1.807) is 0 Å². The van der Waals surface area contributed by atoms with Crippen LogP contribution in [-0.2, 0) is 17.6 Å². The lowest BCUT2D eigenvalue weighted by atomic mass is 10.0. The number of hydrogen-bond acceptors (Lipinski definition) is 3. The normalized spacial score (nSPS) is 13.6. The molecular formula is C19H30N2O. The Labute approximate surface area is 135 Å². The van der Waals surface area contributed by atoms with Crippen molar-refractivity contribution >= 4 is 11.6 Å². The molecule has 0 aromatic heterocycles. The molecule has 2 rings (SSSR count). The molecular weight excluding hydrogens is 272 g/mol. The predicted molar refractivity (Wildman–Crippen MR) is 94.2 cm³/mol. The molecule has 1 aliphatic rings. The minimum atomic E-state index is 0.195. The number of nitrogens with zero attached hydrogens (tertiary/aromatic N) is 2. The molecule has 0 unspecified atom stereocenters. The van der Waals surface area contributed by atoms with Gasteiger partial charge in [0, 0.05) is 6.54 Å². The van der Waals surface area contributed by atoms with Gasteiger partial charge in [-0.3, -0.25) is 0 Å². The monoisotopic (exact) mass is 302 g/mol. The van der Waals surface area contributed by atoms with Crippen molar-refractivity contribution in [2.45, 2.75) is 59.5 Å². The summed E-state index contributed by atoms with van der Waals surface area (Å²) < 4.78 is 5.79. The SMILES string of the molecule is CCCN(CCC)CCc1cccc2c1CC(OC(C)C)=N2. The van der Waals surface area contributed by atoms with Crippen LogP contribution in [0.4, 0.5) is 5.69 Å². The quantitative estimate of drug-likeness (QED) is 0.712. The second-order valence-electron chi connectivity index (χ2n) is 6.36. The molecule has 0 radical (unpaired) electrons. The summed E-state index contributed by atoms with van der Waals surface area (Å²) in [7, 11) is 0. The van der Waals surface area contributed by atoms with Crippen LogP contribution in [0.25, 0.3) is 0 Å². The maximum atomic E-state index is 5.79. The molecule has 3 heteroatoms. The van der Waals surface area contributed by atoms with Crippen molar-refractivity contribution in [2.75, 3.05) is 19.6 Å². The van der Waals surface area contributed by atoms with Gasteiger partial charge < -0.3 is 9.64 Å². The standard InChI is InChI=1S/C19H30N2O/c1-5-11-21(12-6-2)13-10-16-8-7-9-18-17(16)14-19(20-18)22-15(3)4/h7-9,15H,5-6,10-14H2,1-4H3. The van der Waals surface area contributed by atoms with Crippen LogP contribution in [0.3, 0.4) is 0 Å². The van der Waals surface area contributed by atoms with Gasteiger partial charge in [-0.05, 0) is 63.4 Å². The van der Waals surface area contributed by atoms with E-state index in [0.29, 0.717) is 0 Å². The number of hydrogen-bond donors (Lipinski definition) is 0. The van der Waals surface area contributed by atoms with Crippen LogP contribution in [0, 0.1) is 0 Å². The van der Waals surface area contributed by atoms with E-state index in [1.807, 2.05) is 0 Å². The van der Waals surface area contributed by atoms with E-state index in [2.05, 4.69) is 55.8 Å². The third-order valence-electron chi connectivity index (χ3n) is 3.97. The lowest BCUT2D eigenvalue weighted by Crippen LogP contribution is -2.28. The van der Waals surface area contributed by atoms with E-state index in [4.69, 9.17) is 4.74 Å². The molecule has 22 heavy (non-hydrogen) atoms. The Morgan fingerprint density at radius 2 is 1.86 bits per heavy atom. The molecule has 122 valence electrons. The van der Waals surface area contributed by atoms with Gasteiger partial charge in [-0.25, -0.2) is 4.99 Å². The number of aliphatic imine (C=N–C) groups is 1. The molecule has 0 amide bonds. The lowest BCUT2D eigenvalue weighted by Gasteiger charge is -2.21. The van der Waals surface area contributed by atoms with Gasteiger partial charge in [-0.2, -0.15) is 0 Å². The highest BCUT2D eigenvalue weighted by Crippen LogP contribution is 2.30. The molecule has 0 N–H and O–H groups in total. The number of ether oxygens (including phenoxy) is 1. The third-order valence-corrected chi connectivity index (χ3v) is 3.97. The first kappa shape index (κ1) is 17.0. The Bertz CT molecular complexity index is 502. The Balaban J connectivity index is 2.00. The van der Waals surface area contributed by atoms with Gasteiger partial charge in [0.1, 0.15) is 0 Å². The maximum absolute atomic E-state index is 5.79. The Morgan fingerprint density at radius 1 is 1.14 bits per heavy atom. The van der Waals surface area contributed by atoms with Crippen molar-refractivity contribution in [3.63, 3.8) is 0 Å². The van der Waals surface area contributed by atoms with Crippen molar-refractivity contribution in [2.24, 2.45) is 4.99 Å². The smallest absolute Gasteiger partial charge is 0.193 e. The highest BCUT2D eigenvalue weighted by molar-refractivity contribution is 5.88. The highest BCUT2D eigenvalue weighted by Gasteiger charge is 2.19. The van der Waals surface area contributed by atoms with Crippen molar-refractivity contribution in [3.8, 4) is 0 Å². The number of rotatable bonds is 8. The van der Waals surface area contributed by atoms with Gasteiger partial charge >= 0.3 is 0 Å². The largest absolute Gasteiger partial charge is 0.478 e. The molecule has 0 bridgehead atoms. The summed E-state index contributed by atoms with van der Waals surface area (Å²) in [5.41, 5.74) is 3.90. The van der Waals surface area contributed by atoms with Crippen molar-refractivity contribution in [1.82, 2.24) is 4.90 Å². The minimum absolute atomic E-state index is 0.195. The molecule has 0 spiro atoms. The molecule has 1 heterocycles. The summed E-state index contributed by atoms with van der Waals surface area (Å²) in [6.45, 7) is 12.2. The zero-order valence-electron chi connectivity index (χ0n) is 14.6. The summed E-state index contributed by atoms with van der Waals surface area (Å²) in [6, 6.07) is 6.48. The van der Waals surface area contributed by atoms with Crippen LogP contribution >= 0.6 is 0 Å². The van der Waals surface area contributed by atoms with Gasteiger partial charge in [-0.1, -0.05) is 26.0 Å². The van der Waals surface area contributed by atoms with E-state index >= 15 is 0 Å². The second-order valence-corrected chi connectivity index (χ2v) is 6.36. The maximum Gasteiger partial charge on any atom is 0.193 e. The fourth-order valence-corrected chi connectivity index (χ4v) is 3.08. The minimum Gasteiger partial charge on any atom is -0.478 e. The van der Waals surface area contributed by atoms with E-state index in [1.165, 1.54) is 37.1 Å². The van der Waals surface area contributed by atoms with Crippen LogP contribution in [0.5, 0.6) is 0 Å². The molecule has 0 aliphatic carbocycles. The number of fused-ring (bicyclic) bond motifs is 1. The van der Waals surface area contributed by atoms with Crippen molar-refractivity contribution in [1.29, 1.82) is 0 Å². The molecule has 0 atom stereocenters. The van der Waals surface area contributed by atoms with Gasteiger partial charge in [0.15, 0.2) is 5.90 Å². The second kappa shape index (κ2) is 8.33. The summed E-state index contributed by atoms with van der Waals surface area (Å²) in [4.78, 5) is 7.20. The molecule has 0 saturated heterocycles. The van der Waals surface area contributed by atoms with Crippen LogP contribution in [0.15, 0.2) is 23.2 Å². The Kier molecular flexibility index (Phi) is 6.44. The molecule has 3 nitrogen and oxygen atoms in total.